The standard InChI is InChI=1S/C24H16BrNO5/c1-13-7-9-18(30-13)21-20(23(28)24(29)26(21)16-5-3-2-4-6-16)22(27)19-12-14-11-15(25)8-10-17(14)31-19/h2-12,21,28H,1H3. The van der Waals surface area contributed by atoms with Crippen LogP contribution < -0.4 is 4.90 Å². The summed E-state index contributed by atoms with van der Waals surface area (Å²) in [6.45, 7) is 1.77. The van der Waals surface area contributed by atoms with Gasteiger partial charge in [0, 0.05) is 15.5 Å². The van der Waals surface area contributed by atoms with Crippen LogP contribution in [-0.2, 0) is 4.79 Å². The molecule has 3 heterocycles. The summed E-state index contributed by atoms with van der Waals surface area (Å²) in [6.07, 6.45) is 0. The number of furan rings is 2. The third-order valence-electron chi connectivity index (χ3n) is 5.22. The van der Waals surface area contributed by atoms with Crippen molar-refractivity contribution in [1.29, 1.82) is 0 Å². The molecular weight excluding hydrogens is 462 g/mol. The highest BCUT2D eigenvalue weighted by Crippen LogP contribution is 2.42. The number of halogens is 1. The predicted octanol–water partition coefficient (Wildman–Crippen LogP) is 5.88. The van der Waals surface area contributed by atoms with Crippen LogP contribution in [0.2, 0.25) is 0 Å². The fourth-order valence-electron chi connectivity index (χ4n) is 3.82. The van der Waals surface area contributed by atoms with E-state index in [4.69, 9.17) is 8.83 Å². The van der Waals surface area contributed by atoms with Gasteiger partial charge >= 0.3 is 0 Å². The van der Waals surface area contributed by atoms with Gasteiger partial charge in [-0.15, -0.1) is 0 Å². The van der Waals surface area contributed by atoms with Crippen LogP contribution in [0.15, 0.2) is 91.4 Å². The summed E-state index contributed by atoms with van der Waals surface area (Å²) >= 11 is 3.40. The Kier molecular flexibility index (Phi) is 4.55. The van der Waals surface area contributed by atoms with E-state index in [-0.39, 0.29) is 11.3 Å². The van der Waals surface area contributed by atoms with Crippen molar-refractivity contribution in [3.8, 4) is 0 Å². The first kappa shape index (κ1) is 19.4. The highest BCUT2D eigenvalue weighted by molar-refractivity contribution is 9.10. The molecule has 0 radical (unpaired) electrons. The molecule has 1 aliphatic rings. The highest BCUT2D eigenvalue weighted by atomic mass is 79.9. The van der Waals surface area contributed by atoms with Crippen LogP contribution in [0, 0.1) is 6.92 Å². The molecule has 154 valence electrons. The first-order valence-corrected chi connectivity index (χ1v) is 10.3. The number of para-hydroxylation sites is 1. The Hall–Kier alpha value is -3.58. The Morgan fingerprint density at radius 1 is 1.03 bits per heavy atom. The maximum Gasteiger partial charge on any atom is 0.294 e. The lowest BCUT2D eigenvalue weighted by atomic mass is 9.99. The number of aryl methyl sites for hydroxylation is 1. The zero-order valence-corrected chi connectivity index (χ0v) is 17.9. The van der Waals surface area contributed by atoms with Crippen molar-refractivity contribution in [3.63, 3.8) is 0 Å². The van der Waals surface area contributed by atoms with E-state index in [0.717, 1.165) is 9.86 Å². The molecule has 2 aromatic carbocycles. The van der Waals surface area contributed by atoms with Gasteiger partial charge in [0.05, 0.1) is 5.57 Å². The minimum Gasteiger partial charge on any atom is -0.503 e. The Balaban J connectivity index is 1.65. The van der Waals surface area contributed by atoms with Gasteiger partial charge < -0.3 is 13.9 Å². The Labute approximate surface area is 185 Å². The van der Waals surface area contributed by atoms with E-state index in [1.807, 2.05) is 18.2 Å². The molecule has 0 fully saturated rings. The zero-order chi connectivity index (χ0) is 21.7. The second kappa shape index (κ2) is 7.28. The fourth-order valence-corrected chi connectivity index (χ4v) is 4.20. The molecule has 31 heavy (non-hydrogen) atoms. The van der Waals surface area contributed by atoms with Crippen molar-refractivity contribution in [1.82, 2.24) is 0 Å². The lowest BCUT2D eigenvalue weighted by Crippen LogP contribution is -2.30. The van der Waals surface area contributed by atoms with E-state index < -0.39 is 23.5 Å². The Bertz CT molecular complexity index is 1370. The molecule has 0 aliphatic carbocycles. The molecule has 1 amide bonds. The van der Waals surface area contributed by atoms with Gasteiger partial charge in [-0.1, -0.05) is 34.1 Å². The summed E-state index contributed by atoms with van der Waals surface area (Å²) in [5.41, 5.74) is 0.983. The summed E-state index contributed by atoms with van der Waals surface area (Å²) in [5.74, 6) is -0.827. The molecule has 6 nitrogen and oxygen atoms in total. The van der Waals surface area contributed by atoms with E-state index in [2.05, 4.69) is 15.9 Å². The van der Waals surface area contributed by atoms with E-state index in [1.165, 1.54) is 4.90 Å². The molecular formula is C24H16BrNO5. The number of benzene rings is 2. The van der Waals surface area contributed by atoms with Gasteiger partial charge in [0.1, 0.15) is 23.1 Å². The van der Waals surface area contributed by atoms with Gasteiger partial charge in [0.15, 0.2) is 11.5 Å². The average molecular weight is 478 g/mol. The van der Waals surface area contributed by atoms with Gasteiger partial charge in [-0.3, -0.25) is 14.5 Å². The number of aliphatic hydroxyl groups is 1. The fraction of sp³-hybridized carbons (Fsp3) is 0.0833. The number of carbonyl (C=O) groups is 2. The van der Waals surface area contributed by atoms with Crippen molar-refractivity contribution in [2.24, 2.45) is 0 Å². The van der Waals surface area contributed by atoms with Gasteiger partial charge in [-0.2, -0.15) is 0 Å². The van der Waals surface area contributed by atoms with Crippen LogP contribution in [0.3, 0.4) is 0 Å². The zero-order valence-electron chi connectivity index (χ0n) is 16.3. The number of aliphatic hydroxyl groups excluding tert-OH is 1. The third kappa shape index (κ3) is 3.18. The number of hydrogen-bond acceptors (Lipinski definition) is 5. The third-order valence-corrected chi connectivity index (χ3v) is 5.71. The first-order valence-electron chi connectivity index (χ1n) is 9.56. The van der Waals surface area contributed by atoms with E-state index in [9.17, 15) is 14.7 Å². The van der Waals surface area contributed by atoms with Gasteiger partial charge in [0.2, 0.25) is 5.78 Å². The normalized spacial score (nSPS) is 16.5. The van der Waals surface area contributed by atoms with E-state index in [1.54, 1.807) is 55.5 Å². The Morgan fingerprint density at radius 2 is 1.81 bits per heavy atom. The lowest BCUT2D eigenvalue weighted by molar-refractivity contribution is -0.117. The molecule has 0 saturated carbocycles. The largest absolute Gasteiger partial charge is 0.503 e. The molecule has 2 aromatic heterocycles. The SMILES string of the molecule is Cc1ccc(C2C(C(=O)c3cc4cc(Br)ccc4o3)=C(O)C(=O)N2c2ccccc2)o1. The molecule has 0 spiro atoms. The number of ketones is 1. The number of anilines is 1. The lowest BCUT2D eigenvalue weighted by Gasteiger charge is -2.24. The number of fused-ring (bicyclic) bond motifs is 1. The first-order chi connectivity index (χ1) is 14.9. The van der Waals surface area contributed by atoms with Crippen molar-refractivity contribution < 1.29 is 23.5 Å². The van der Waals surface area contributed by atoms with Gasteiger partial charge in [-0.05, 0) is 55.5 Å². The molecule has 1 N–H and O–H groups in total. The minimum absolute atomic E-state index is 0.0330. The molecule has 0 bridgehead atoms. The van der Waals surface area contributed by atoms with Gasteiger partial charge in [0.25, 0.3) is 5.91 Å². The predicted molar refractivity (Wildman–Crippen MR) is 118 cm³/mol. The molecule has 0 saturated heterocycles. The Morgan fingerprint density at radius 3 is 2.52 bits per heavy atom. The molecule has 1 aliphatic heterocycles. The molecule has 5 rings (SSSR count). The molecule has 7 heteroatoms. The number of amides is 1. The second-order valence-electron chi connectivity index (χ2n) is 7.25. The number of carbonyl (C=O) groups excluding carboxylic acids is 2. The monoisotopic (exact) mass is 477 g/mol. The summed E-state index contributed by atoms with van der Waals surface area (Å²) in [7, 11) is 0. The van der Waals surface area contributed by atoms with Crippen molar-refractivity contribution >= 4 is 44.3 Å². The second-order valence-corrected chi connectivity index (χ2v) is 8.16. The maximum atomic E-state index is 13.5. The van der Waals surface area contributed by atoms with E-state index in [0.29, 0.717) is 22.8 Å². The summed E-state index contributed by atoms with van der Waals surface area (Å²) in [5, 5.41) is 11.5. The summed E-state index contributed by atoms with van der Waals surface area (Å²) in [6, 6.07) is 18.4. The molecule has 4 aromatic rings. The van der Waals surface area contributed by atoms with Crippen LogP contribution in [0.1, 0.15) is 28.1 Å². The van der Waals surface area contributed by atoms with E-state index >= 15 is 0 Å². The molecule has 1 unspecified atom stereocenters. The number of nitrogens with zero attached hydrogens (tertiary/aromatic N) is 1. The van der Waals surface area contributed by atoms with Crippen LogP contribution in [0.25, 0.3) is 11.0 Å². The van der Waals surface area contributed by atoms with Crippen LogP contribution in [-0.4, -0.2) is 16.8 Å². The number of rotatable bonds is 4. The number of Topliss-reactive ketones (excluding diaryl/α,β-unsaturated/α-hetero) is 1. The van der Waals surface area contributed by atoms with Crippen LogP contribution in [0.5, 0.6) is 0 Å². The number of hydrogen-bond donors (Lipinski definition) is 1. The smallest absolute Gasteiger partial charge is 0.294 e. The highest BCUT2D eigenvalue weighted by Gasteiger charge is 2.46. The van der Waals surface area contributed by atoms with Crippen LogP contribution >= 0.6 is 15.9 Å². The average Bonchev–Trinajstić information content (AvgIpc) is 3.44. The molecule has 1 atom stereocenters. The maximum absolute atomic E-state index is 13.5. The minimum atomic E-state index is -0.920. The van der Waals surface area contributed by atoms with Gasteiger partial charge in [-0.25, -0.2) is 0 Å². The summed E-state index contributed by atoms with van der Waals surface area (Å²) in [4.78, 5) is 27.9. The topological polar surface area (TPSA) is 83.9 Å². The van der Waals surface area contributed by atoms with Crippen molar-refractivity contribution in [2.45, 2.75) is 13.0 Å². The van der Waals surface area contributed by atoms with Crippen molar-refractivity contribution in [2.75, 3.05) is 4.90 Å². The van der Waals surface area contributed by atoms with Crippen LogP contribution in [0.4, 0.5) is 5.69 Å². The van der Waals surface area contributed by atoms with Crippen molar-refractivity contribution in [3.05, 3.63) is 99.8 Å². The summed E-state index contributed by atoms with van der Waals surface area (Å²) < 4.78 is 12.4. The quantitative estimate of drug-likeness (QED) is 0.371.